The molecule has 2 atom stereocenters. The lowest BCUT2D eigenvalue weighted by molar-refractivity contribution is -0.103. The first kappa shape index (κ1) is 19.3. The molecule has 1 aromatic heterocycles. The SMILES string of the molecule is COc1cccc([C@@]23CCN(CC4CC4)C[C@@]2(O)Cc2c([nH]c4ccc(F)cc24)C3)c1. The number of fused-ring (bicyclic) bond motifs is 4. The van der Waals surface area contributed by atoms with Crippen LogP contribution in [0.2, 0.25) is 0 Å². The van der Waals surface area contributed by atoms with Crippen LogP contribution in [0.25, 0.3) is 10.9 Å². The fourth-order valence-corrected chi connectivity index (χ4v) is 6.14. The predicted octanol–water partition coefficient (Wildman–Crippen LogP) is 4.20. The summed E-state index contributed by atoms with van der Waals surface area (Å²) in [5.74, 6) is 1.37. The Hall–Kier alpha value is -2.37. The largest absolute Gasteiger partial charge is 0.497 e. The number of benzene rings is 2. The Labute approximate surface area is 182 Å². The van der Waals surface area contributed by atoms with Crippen molar-refractivity contribution in [3.8, 4) is 5.75 Å². The molecule has 2 heterocycles. The van der Waals surface area contributed by atoms with E-state index in [0.29, 0.717) is 13.0 Å². The van der Waals surface area contributed by atoms with E-state index in [2.05, 4.69) is 22.0 Å². The van der Waals surface area contributed by atoms with Crippen LogP contribution in [-0.2, 0) is 18.3 Å². The van der Waals surface area contributed by atoms with Gasteiger partial charge in [-0.15, -0.1) is 0 Å². The number of likely N-dealkylation sites (tertiary alicyclic amines) is 1. The summed E-state index contributed by atoms with van der Waals surface area (Å²) in [5.41, 5.74) is 2.97. The van der Waals surface area contributed by atoms with Crippen LogP contribution in [0.1, 0.15) is 36.1 Å². The molecule has 1 saturated heterocycles. The van der Waals surface area contributed by atoms with Gasteiger partial charge in [0.2, 0.25) is 0 Å². The van der Waals surface area contributed by atoms with Crippen LogP contribution in [0, 0.1) is 11.7 Å². The van der Waals surface area contributed by atoms with E-state index in [0.717, 1.165) is 65.3 Å². The first-order valence-electron chi connectivity index (χ1n) is 11.4. The van der Waals surface area contributed by atoms with E-state index in [4.69, 9.17) is 4.74 Å². The second-order valence-corrected chi connectivity index (χ2v) is 9.90. The summed E-state index contributed by atoms with van der Waals surface area (Å²) in [6.07, 6.45) is 4.76. The number of hydrogen-bond acceptors (Lipinski definition) is 3. The fraction of sp³-hybridized carbons (Fsp3) is 0.462. The topological polar surface area (TPSA) is 48.5 Å². The summed E-state index contributed by atoms with van der Waals surface area (Å²) < 4.78 is 19.6. The summed E-state index contributed by atoms with van der Waals surface area (Å²) in [6.45, 7) is 2.72. The highest BCUT2D eigenvalue weighted by Gasteiger charge is 2.57. The number of nitrogens with one attached hydrogen (secondary N) is 1. The molecule has 1 saturated carbocycles. The van der Waals surface area contributed by atoms with Crippen molar-refractivity contribution in [1.82, 2.24) is 9.88 Å². The molecule has 3 aromatic rings. The minimum Gasteiger partial charge on any atom is -0.497 e. The second kappa shape index (κ2) is 6.81. The van der Waals surface area contributed by atoms with Crippen LogP contribution < -0.4 is 4.74 Å². The monoisotopic (exact) mass is 420 g/mol. The number of methoxy groups -OCH3 is 1. The zero-order valence-corrected chi connectivity index (χ0v) is 18.0. The normalized spacial score (nSPS) is 28.4. The molecular formula is C26H29FN2O2. The van der Waals surface area contributed by atoms with Crippen molar-refractivity contribution < 1.29 is 14.2 Å². The van der Waals surface area contributed by atoms with Crippen molar-refractivity contribution in [2.45, 2.75) is 43.1 Å². The van der Waals surface area contributed by atoms with Gasteiger partial charge in [0.25, 0.3) is 0 Å². The maximum absolute atomic E-state index is 14.1. The maximum Gasteiger partial charge on any atom is 0.123 e. The van der Waals surface area contributed by atoms with Gasteiger partial charge in [-0.2, -0.15) is 0 Å². The number of ether oxygens (including phenoxy) is 1. The molecule has 0 amide bonds. The number of aromatic nitrogens is 1. The molecule has 0 spiro atoms. The Morgan fingerprint density at radius 1 is 1.19 bits per heavy atom. The molecule has 0 radical (unpaired) electrons. The van der Waals surface area contributed by atoms with Gasteiger partial charge in [0.05, 0.1) is 12.7 Å². The van der Waals surface area contributed by atoms with Gasteiger partial charge < -0.3 is 19.7 Å². The van der Waals surface area contributed by atoms with Crippen molar-refractivity contribution >= 4 is 10.9 Å². The van der Waals surface area contributed by atoms with Gasteiger partial charge in [0.15, 0.2) is 0 Å². The molecule has 1 aliphatic heterocycles. The van der Waals surface area contributed by atoms with Crippen molar-refractivity contribution in [1.29, 1.82) is 0 Å². The maximum atomic E-state index is 14.1. The van der Waals surface area contributed by atoms with Crippen molar-refractivity contribution in [3.05, 3.63) is 65.1 Å². The smallest absolute Gasteiger partial charge is 0.123 e. The lowest BCUT2D eigenvalue weighted by atomic mass is 9.56. The standard InChI is InChI=1S/C26H29FN2O2/c1-31-20-4-2-3-18(11-20)25-9-10-29(15-17-5-6-17)16-26(25,30)13-22-21-12-19(27)7-8-23(21)28-24(22)14-25/h2-4,7-8,11-12,17,28,30H,5-6,9-10,13-16H2,1H3/t25-,26-/m0/s1. The van der Waals surface area contributed by atoms with Crippen LogP contribution in [0.4, 0.5) is 4.39 Å². The molecular weight excluding hydrogens is 391 g/mol. The number of piperidine rings is 1. The first-order valence-corrected chi connectivity index (χ1v) is 11.4. The summed E-state index contributed by atoms with van der Waals surface area (Å²) in [7, 11) is 1.69. The second-order valence-electron chi connectivity index (χ2n) is 9.90. The highest BCUT2D eigenvalue weighted by Crippen LogP contribution is 2.52. The number of rotatable bonds is 4. The number of halogens is 1. The van der Waals surface area contributed by atoms with E-state index in [1.165, 1.54) is 18.9 Å². The molecule has 0 unspecified atom stereocenters. The molecule has 2 aliphatic carbocycles. The van der Waals surface area contributed by atoms with Crippen molar-refractivity contribution in [2.75, 3.05) is 26.7 Å². The van der Waals surface area contributed by atoms with E-state index >= 15 is 0 Å². The molecule has 3 aliphatic rings. The number of aliphatic hydroxyl groups is 1. The highest BCUT2D eigenvalue weighted by molar-refractivity contribution is 5.85. The third-order valence-corrected chi connectivity index (χ3v) is 7.97. The molecule has 5 heteroatoms. The predicted molar refractivity (Wildman–Crippen MR) is 119 cm³/mol. The number of H-pyrrole nitrogens is 1. The Kier molecular flexibility index (Phi) is 4.25. The lowest BCUT2D eigenvalue weighted by Crippen LogP contribution is -2.66. The summed E-state index contributed by atoms with van der Waals surface area (Å²) in [5, 5.41) is 13.3. The van der Waals surface area contributed by atoms with Crippen LogP contribution in [0.5, 0.6) is 5.75 Å². The minimum absolute atomic E-state index is 0.232. The third-order valence-electron chi connectivity index (χ3n) is 7.97. The van der Waals surface area contributed by atoms with Crippen LogP contribution in [0.15, 0.2) is 42.5 Å². The molecule has 31 heavy (non-hydrogen) atoms. The van der Waals surface area contributed by atoms with Gasteiger partial charge in [-0.1, -0.05) is 12.1 Å². The van der Waals surface area contributed by atoms with Gasteiger partial charge in [0.1, 0.15) is 11.6 Å². The summed E-state index contributed by atoms with van der Waals surface area (Å²) in [4.78, 5) is 6.00. The Morgan fingerprint density at radius 3 is 2.87 bits per heavy atom. The van der Waals surface area contributed by atoms with Gasteiger partial charge in [-0.3, -0.25) is 0 Å². The highest BCUT2D eigenvalue weighted by atomic mass is 19.1. The van der Waals surface area contributed by atoms with Gasteiger partial charge >= 0.3 is 0 Å². The molecule has 0 bridgehead atoms. The molecule has 162 valence electrons. The number of hydrogen-bond donors (Lipinski definition) is 2. The zero-order valence-electron chi connectivity index (χ0n) is 18.0. The summed E-state index contributed by atoms with van der Waals surface area (Å²) in [6, 6.07) is 13.1. The minimum atomic E-state index is -0.916. The van der Waals surface area contributed by atoms with Crippen molar-refractivity contribution in [2.24, 2.45) is 5.92 Å². The van der Waals surface area contributed by atoms with Gasteiger partial charge in [-0.25, -0.2) is 4.39 Å². The van der Waals surface area contributed by atoms with E-state index in [1.54, 1.807) is 13.2 Å². The third kappa shape index (κ3) is 3.01. The van der Waals surface area contributed by atoms with E-state index < -0.39 is 11.0 Å². The van der Waals surface area contributed by atoms with Crippen LogP contribution in [0.3, 0.4) is 0 Å². The average molecular weight is 421 g/mol. The Bertz CT molecular complexity index is 1150. The van der Waals surface area contributed by atoms with E-state index in [-0.39, 0.29) is 5.82 Å². The van der Waals surface area contributed by atoms with Gasteiger partial charge in [0, 0.05) is 47.9 Å². The quantitative estimate of drug-likeness (QED) is 0.665. The average Bonchev–Trinajstić information content (AvgIpc) is 3.52. The number of β-amino-alcohol motifs (C(OH)–C–C–N with tert-alkyl or cyclic N) is 1. The van der Waals surface area contributed by atoms with Crippen LogP contribution >= 0.6 is 0 Å². The molecule has 4 nitrogen and oxygen atoms in total. The zero-order chi connectivity index (χ0) is 21.2. The molecule has 6 rings (SSSR count). The van der Waals surface area contributed by atoms with Crippen molar-refractivity contribution in [3.63, 3.8) is 0 Å². The molecule has 2 fully saturated rings. The van der Waals surface area contributed by atoms with E-state index in [9.17, 15) is 9.50 Å². The van der Waals surface area contributed by atoms with E-state index in [1.807, 2.05) is 18.2 Å². The molecule has 2 aromatic carbocycles. The Morgan fingerprint density at radius 2 is 2.06 bits per heavy atom. The number of nitrogens with zero attached hydrogens (tertiary/aromatic N) is 1. The number of aromatic amines is 1. The van der Waals surface area contributed by atoms with Crippen LogP contribution in [-0.4, -0.2) is 47.3 Å². The first-order chi connectivity index (χ1) is 15.0. The molecule has 2 N–H and O–H groups in total. The fourth-order valence-electron chi connectivity index (χ4n) is 6.14. The lowest BCUT2D eigenvalue weighted by Gasteiger charge is -2.56. The summed E-state index contributed by atoms with van der Waals surface area (Å²) >= 11 is 0. The Balaban J connectivity index is 1.49. The van der Waals surface area contributed by atoms with Gasteiger partial charge in [-0.05, 0) is 73.2 Å².